The largest absolute Gasteiger partial charge is 0.474 e. The first-order valence-electron chi connectivity index (χ1n) is 9.84. The Morgan fingerprint density at radius 1 is 1.11 bits per heavy atom. The fourth-order valence-corrected chi connectivity index (χ4v) is 3.32. The van der Waals surface area contributed by atoms with E-state index in [4.69, 9.17) is 4.74 Å². The minimum absolute atomic E-state index is 0.124. The maximum absolute atomic E-state index is 12.2. The summed E-state index contributed by atoms with van der Waals surface area (Å²) in [6, 6.07) is 11.1. The number of nitrogens with one attached hydrogen (secondary N) is 2. The third-order valence-corrected chi connectivity index (χ3v) is 4.93. The molecule has 2 amide bonds. The molecule has 1 aromatic heterocycles. The first kappa shape index (κ1) is 19.9. The van der Waals surface area contributed by atoms with Crippen LogP contribution in [0.2, 0.25) is 0 Å². The van der Waals surface area contributed by atoms with Crippen molar-refractivity contribution in [3.05, 3.63) is 59.3 Å². The van der Waals surface area contributed by atoms with Gasteiger partial charge in [-0.15, -0.1) is 0 Å². The topological polar surface area (TPSA) is 80.3 Å². The molecule has 0 atom stereocenters. The van der Waals surface area contributed by atoms with Crippen LogP contribution < -0.4 is 15.4 Å². The lowest BCUT2D eigenvalue weighted by Crippen LogP contribution is -2.31. The van der Waals surface area contributed by atoms with Gasteiger partial charge in [-0.3, -0.25) is 9.59 Å². The Bertz CT molecular complexity index is 816. The SMILES string of the molecule is Cc1ccccc1C(=O)NCCC(=O)NCc1cccnc1OC1CCCC1. The van der Waals surface area contributed by atoms with Crippen molar-refractivity contribution in [2.45, 2.75) is 51.7 Å². The molecule has 3 rings (SSSR count). The summed E-state index contributed by atoms with van der Waals surface area (Å²) < 4.78 is 5.99. The van der Waals surface area contributed by atoms with Gasteiger partial charge in [0, 0.05) is 36.8 Å². The number of hydrogen-bond acceptors (Lipinski definition) is 4. The number of aryl methyl sites for hydroxylation is 1. The normalized spacial score (nSPS) is 13.9. The molecule has 0 radical (unpaired) electrons. The van der Waals surface area contributed by atoms with E-state index >= 15 is 0 Å². The van der Waals surface area contributed by atoms with E-state index in [2.05, 4.69) is 15.6 Å². The summed E-state index contributed by atoms with van der Waals surface area (Å²) in [6.07, 6.45) is 6.65. The van der Waals surface area contributed by atoms with Crippen LogP contribution in [0, 0.1) is 6.92 Å². The zero-order chi connectivity index (χ0) is 19.8. The first-order valence-corrected chi connectivity index (χ1v) is 9.84. The minimum atomic E-state index is -0.162. The maximum Gasteiger partial charge on any atom is 0.251 e. The van der Waals surface area contributed by atoms with Gasteiger partial charge >= 0.3 is 0 Å². The number of rotatable bonds is 8. The van der Waals surface area contributed by atoms with Crippen molar-refractivity contribution in [2.75, 3.05) is 6.54 Å². The Kier molecular flexibility index (Phi) is 7.00. The van der Waals surface area contributed by atoms with Crippen LogP contribution >= 0.6 is 0 Å². The summed E-state index contributed by atoms with van der Waals surface area (Å²) in [5, 5.41) is 5.67. The van der Waals surface area contributed by atoms with Gasteiger partial charge in [0.25, 0.3) is 5.91 Å². The van der Waals surface area contributed by atoms with Crippen molar-refractivity contribution in [1.82, 2.24) is 15.6 Å². The van der Waals surface area contributed by atoms with Crippen molar-refractivity contribution in [2.24, 2.45) is 0 Å². The molecule has 2 N–H and O–H groups in total. The van der Waals surface area contributed by atoms with Crippen LogP contribution in [0.15, 0.2) is 42.6 Å². The second kappa shape index (κ2) is 9.88. The zero-order valence-corrected chi connectivity index (χ0v) is 16.2. The lowest BCUT2D eigenvalue weighted by Gasteiger charge is -2.15. The molecule has 0 spiro atoms. The molecule has 6 heteroatoms. The summed E-state index contributed by atoms with van der Waals surface area (Å²) in [5.74, 6) is 0.314. The predicted octanol–water partition coefficient (Wildman–Crippen LogP) is 3.15. The van der Waals surface area contributed by atoms with E-state index in [0.717, 1.165) is 24.0 Å². The average molecular weight is 381 g/mol. The van der Waals surface area contributed by atoms with E-state index in [-0.39, 0.29) is 30.9 Å². The van der Waals surface area contributed by atoms with E-state index in [9.17, 15) is 9.59 Å². The summed E-state index contributed by atoms with van der Waals surface area (Å²) in [6.45, 7) is 2.54. The second-order valence-corrected chi connectivity index (χ2v) is 7.09. The van der Waals surface area contributed by atoms with Crippen LogP contribution in [-0.4, -0.2) is 29.4 Å². The molecular formula is C22H27N3O3. The monoisotopic (exact) mass is 381 g/mol. The van der Waals surface area contributed by atoms with Crippen molar-refractivity contribution in [3.8, 4) is 5.88 Å². The van der Waals surface area contributed by atoms with Gasteiger partial charge in [0.05, 0.1) is 0 Å². The maximum atomic E-state index is 12.2. The summed E-state index contributed by atoms with van der Waals surface area (Å²) in [5.41, 5.74) is 2.41. The summed E-state index contributed by atoms with van der Waals surface area (Å²) in [4.78, 5) is 28.6. The summed E-state index contributed by atoms with van der Waals surface area (Å²) >= 11 is 0. The molecule has 1 heterocycles. The average Bonchev–Trinajstić information content (AvgIpc) is 3.20. The standard InChI is InChI=1S/C22H27N3O3/c1-16-7-2-5-11-19(16)21(27)23-14-12-20(26)25-15-17-8-6-13-24-22(17)28-18-9-3-4-10-18/h2,5-8,11,13,18H,3-4,9-10,12,14-15H2,1H3,(H,23,27)(H,25,26). The van der Waals surface area contributed by atoms with Gasteiger partial charge in [0.2, 0.25) is 11.8 Å². The highest BCUT2D eigenvalue weighted by Crippen LogP contribution is 2.24. The van der Waals surface area contributed by atoms with Gasteiger partial charge in [0.1, 0.15) is 6.10 Å². The lowest BCUT2D eigenvalue weighted by atomic mass is 10.1. The number of hydrogen-bond donors (Lipinski definition) is 2. The van der Waals surface area contributed by atoms with Gasteiger partial charge in [-0.1, -0.05) is 24.3 Å². The van der Waals surface area contributed by atoms with Crippen molar-refractivity contribution >= 4 is 11.8 Å². The molecule has 1 aliphatic carbocycles. The molecule has 1 fully saturated rings. The summed E-state index contributed by atoms with van der Waals surface area (Å²) in [7, 11) is 0. The number of carbonyl (C=O) groups is 2. The molecule has 0 saturated heterocycles. The number of pyridine rings is 1. The Labute approximate surface area is 165 Å². The van der Waals surface area contributed by atoms with Gasteiger partial charge in [0.15, 0.2) is 0 Å². The second-order valence-electron chi connectivity index (χ2n) is 7.09. The third kappa shape index (κ3) is 5.55. The van der Waals surface area contributed by atoms with Crippen LogP contribution in [0.25, 0.3) is 0 Å². The number of nitrogens with zero attached hydrogens (tertiary/aromatic N) is 1. The minimum Gasteiger partial charge on any atom is -0.474 e. The van der Waals surface area contributed by atoms with E-state index < -0.39 is 0 Å². The van der Waals surface area contributed by atoms with Crippen LogP contribution in [0.4, 0.5) is 0 Å². The van der Waals surface area contributed by atoms with E-state index in [1.165, 1.54) is 12.8 Å². The number of benzene rings is 1. The van der Waals surface area contributed by atoms with Crippen LogP contribution in [0.3, 0.4) is 0 Å². The molecule has 0 unspecified atom stereocenters. The van der Waals surface area contributed by atoms with Gasteiger partial charge in [-0.05, 0) is 50.3 Å². The molecule has 0 bridgehead atoms. The Morgan fingerprint density at radius 2 is 1.89 bits per heavy atom. The van der Waals surface area contributed by atoms with Crippen molar-refractivity contribution < 1.29 is 14.3 Å². The molecule has 1 aromatic carbocycles. The zero-order valence-electron chi connectivity index (χ0n) is 16.2. The molecule has 28 heavy (non-hydrogen) atoms. The highest BCUT2D eigenvalue weighted by atomic mass is 16.5. The molecule has 1 saturated carbocycles. The number of carbonyl (C=O) groups excluding carboxylic acids is 2. The molecule has 1 aliphatic rings. The molecule has 0 aliphatic heterocycles. The first-order chi connectivity index (χ1) is 13.6. The van der Waals surface area contributed by atoms with E-state index in [1.54, 1.807) is 12.3 Å². The predicted molar refractivity (Wildman–Crippen MR) is 107 cm³/mol. The Balaban J connectivity index is 1.43. The highest BCUT2D eigenvalue weighted by Gasteiger charge is 2.18. The Morgan fingerprint density at radius 3 is 2.68 bits per heavy atom. The fourth-order valence-electron chi connectivity index (χ4n) is 3.32. The lowest BCUT2D eigenvalue weighted by molar-refractivity contribution is -0.121. The number of ether oxygens (including phenoxy) is 1. The number of aromatic nitrogens is 1. The molecular weight excluding hydrogens is 354 g/mol. The van der Waals surface area contributed by atoms with Crippen LogP contribution in [0.5, 0.6) is 5.88 Å². The van der Waals surface area contributed by atoms with Gasteiger partial charge in [-0.2, -0.15) is 0 Å². The van der Waals surface area contributed by atoms with Gasteiger partial charge < -0.3 is 15.4 Å². The quantitative estimate of drug-likeness (QED) is 0.736. The van der Waals surface area contributed by atoms with Gasteiger partial charge in [-0.25, -0.2) is 4.98 Å². The van der Waals surface area contributed by atoms with E-state index in [1.807, 2.05) is 37.3 Å². The van der Waals surface area contributed by atoms with Crippen molar-refractivity contribution in [1.29, 1.82) is 0 Å². The number of amides is 2. The molecule has 148 valence electrons. The van der Waals surface area contributed by atoms with Crippen molar-refractivity contribution in [3.63, 3.8) is 0 Å². The van der Waals surface area contributed by atoms with Crippen LogP contribution in [0.1, 0.15) is 53.6 Å². The fraction of sp³-hybridized carbons (Fsp3) is 0.409. The third-order valence-electron chi connectivity index (χ3n) is 4.93. The Hall–Kier alpha value is -2.89. The van der Waals surface area contributed by atoms with E-state index in [0.29, 0.717) is 18.0 Å². The smallest absolute Gasteiger partial charge is 0.251 e. The van der Waals surface area contributed by atoms with Crippen LogP contribution in [-0.2, 0) is 11.3 Å². The highest BCUT2D eigenvalue weighted by molar-refractivity contribution is 5.95. The molecule has 6 nitrogen and oxygen atoms in total. The molecule has 2 aromatic rings.